The fourth-order valence-electron chi connectivity index (χ4n) is 4.20. The van der Waals surface area contributed by atoms with Crippen molar-refractivity contribution in [1.82, 2.24) is 9.97 Å². The number of carbonyl (C=O) groups excluding carboxylic acids is 1. The van der Waals surface area contributed by atoms with Gasteiger partial charge in [0.05, 0.1) is 11.3 Å². The van der Waals surface area contributed by atoms with Crippen LogP contribution in [0.5, 0.6) is 0 Å². The topological polar surface area (TPSA) is 63.1 Å². The summed E-state index contributed by atoms with van der Waals surface area (Å²) in [6.07, 6.45) is 3.01. The van der Waals surface area contributed by atoms with Crippen molar-refractivity contribution in [2.24, 2.45) is 0 Å². The first-order valence-corrected chi connectivity index (χ1v) is 12.9. The summed E-state index contributed by atoms with van der Waals surface area (Å²) >= 11 is 0. The van der Waals surface area contributed by atoms with E-state index in [1.165, 1.54) is 41.6 Å². The zero-order valence-corrected chi connectivity index (χ0v) is 28.3. The Labute approximate surface area is 281 Å². The number of ketones is 1. The van der Waals surface area contributed by atoms with Gasteiger partial charge in [-0.25, -0.2) is 0 Å². The summed E-state index contributed by atoms with van der Waals surface area (Å²) in [6, 6.07) is 43.0. The van der Waals surface area contributed by atoms with Gasteiger partial charge < -0.3 is 10.1 Å². The fraction of sp³-hybridized carbons (Fsp3) is 0.108. The van der Waals surface area contributed by atoms with Crippen molar-refractivity contribution in [3.63, 3.8) is 0 Å². The Bertz CT molecular complexity index is 1750. The van der Waals surface area contributed by atoms with Crippen LogP contribution in [0.15, 0.2) is 127 Å². The van der Waals surface area contributed by atoms with Gasteiger partial charge in [-0.1, -0.05) is 61.5 Å². The summed E-state index contributed by atoms with van der Waals surface area (Å²) in [5.74, 6) is -0.0625. The Balaban J connectivity index is 0.000000336. The third-order valence-corrected chi connectivity index (χ3v) is 5.93. The number of allylic oxidation sites excluding steroid dienone is 2. The predicted molar refractivity (Wildman–Crippen MR) is 171 cm³/mol. The normalized spacial score (nSPS) is 9.98. The standard InChI is InChI=1S/C16H12N.C15H10N.C5H8O2.CH4.2Ir/c1-12-11-14-9-5-6-10-15(14)17-16(12)13-7-3-2-4-8-13;1-2-7-13(8-3-1)15-14-9-5-4-6-12(14)10-11-16-15;1-4(6)3-5(2)7;;;/h2-7,9-11H,1H3;1-7,9-11H;3,6H,1-2H3;1H4;;/q2*-1;;;;. The maximum absolute atomic E-state index is 10.0. The number of nitrogens with zero attached hydrogens (tertiary/aromatic N) is 2. The zero-order valence-electron chi connectivity index (χ0n) is 23.5. The number of aliphatic hydroxyl groups excluding tert-OH is 1. The summed E-state index contributed by atoms with van der Waals surface area (Å²) in [5.41, 5.74) is 6.33. The summed E-state index contributed by atoms with van der Waals surface area (Å²) in [4.78, 5) is 19.2. The van der Waals surface area contributed by atoms with Crippen LogP contribution in [-0.4, -0.2) is 20.9 Å². The largest absolute Gasteiger partial charge is 0.512 e. The number of rotatable bonds is 3. The molecule has 0 bridgehead atoms. The molecule has 0 saturated heterocycles. The maximum atomic E-state index is 10.0. The van der Waals surface area contributed by atoms with Crippen molar-refractivity contribution in [3.8, 4) is 22.5 Å². The molecule has 0 aliphatic heterocycles. The van der Waals surface area contributed by atoms with E-state index in [0.717, 1.165) is 28.0 Å². The number of pyridine rings is 2. The molecule has 0 aliphatic rings. The monoisotopic (exact) mass is 924 g/mol. The summed E-state index contributed by atoms with van der Waals surface area (Å²) in [5, 5.41) is 11.9. The molecular weight excluding hydrogens is 889 g/mol. The second-order valence-corrected chi connectivity index (χ2v) is 9.18. The second-order valence-electron chi connectivity index (χ2n) is 9.18. The van der Waals surface area contributed by atoms with E-state index in [-0.39, 0.29) is 59.2 Å². The molecule has 43 heavy (non-hydrogen) atoms. The van der Waals surface area contributed by atoms with Crippen LogP contribution in [0, 0.1) is 19.1 Å². The van der Waals surface area contributed by atoms with E-state index in [4.69, 9.17) is 10.1 Å². The Morgan fingerprint density at radius 2 is 1.30 bits per heavy atom. The molecule has 0 atom stereocenters. The molecule has 4 aromatic carbocycles. The van der Waals surface area contributed by atoms with E-state index in [9.17, 15) is 4.79 Å². The van der Waals surface area contributed by atoms with Gasteiger partial charge in [-0.05, 0) is 60.5 Å². The molecule has 224 valence electrons. The first-order chi connectivity index (χ1) is 19.4. The number of aliphatic hydroxyl groups is 1. The van der Waals surface area contributed by atoms with Gasteiger partial charge in [0.1, 0.15) is 0 Å². The first-order valence-electron chi connectivity index (χ1n) is 12.9. The molecule has 2 heterocycles. The zero-order chi connectivity index (χ0) is 28.3. The molecule has 0 fully saturated rings. The van der Waals surface area contributed by atoms with E-state index >= 15 is 0 Å². The molecule has 0 unspecified atom stereocenters. The number of aromatic nitrogens is 2. The van der Waals surface area contributed by atoms with Gasteiger partial charge in [-0.3, -0.25) is 9.78 Å². The van der Waals surface area contributed by atoms with Crippen molar-refractivity contribution in [2.45, 2.75) is 28.2 Å². The van der Waals surface area contributed by atoms with Gasteiger partial charge in [0.25, 0.3) is 0 Å². The SMILES string of the molecule is C.CC(=O)C=C(C)O.Cc1cc2ccccc2nc1-c1[c-]cccc1.[Ir].[Ir].[c-]1ccccc1-c1nccc2ccccc12. The third kappa shape index (κ3) is 10.8. The van der Waals surface area contributed by atoms with Gasteiger partial charge in [-0.15, -0.1) is 71.8 Å². The Hall–Kier alpha value is -3.79. The molecular formula is C37H34Ir2N2O2-2. The number of hydrogen-bond donors (Lipinski definition) is 1. The summed E-state index contributed by atoms with van der Waals surface area (Å²) in [7, 11) is 0. The van der Waals surface area contributed by atoms with Crippen LogP contribution in [0.4, 0.5) is 0 Å². The molecule has 0 amide bonds. The van der Waals surface area contributed by atoms with Crippen LogP contribution >= 0.6 is 0 Å². The average Bonchev–Trinajstić information content (AvgIpc) is 2.97. The maximum Gasteiger partial charge on any atom is 0.155 e. The smallest absolute Gasteiger partial charge is 0.155 e. The number of benzene rings is 4. The van der Waals surface area contributed by atoms with E-state index < -0.39 is 0 Å². The van der Waals surface area contributed by atoms with Crippen LogP contribution in [0.3, 0.4) is 0 Å². The molecule has 2 aromatic heterocycles. The summed E-state index contributed by atoms with van der Waals surface area (Å²) in [6.45, 7) is 4.94. The minimum absolute atomic E-state index is 0. The van der Waals surface area contributed by atoms with E-state index in [2.05, 4.69) is 48.3 Å². The number of fused-ring (bicyclic) bond motifs is 2. The molecule has 2 radical (unpaired) electrons. The van der Waals surface area contributed by atoms with E-state index in [0.29, 0.717) is 0 Å². The second kappa shape index (κ2) is 18.7. The van der Waals surface area contributed by atoms with E-state index in [1.54, 1.807) is 0 Å². The van der Waals surface area contributed by atoms with Crippen LogP contribution in [-0.2, 0) is 45.0 Å². The molecule has 0 aliphatic carbocycles. The van der Waals surface area contributed by atoms with Crippen molar-refractivity contribution >= 4 is 27.5 Å². The predicted octanol–water partition coefficient (Wildman–Crippen LogP) is 9.38. The average molecular weight is 923 g/mol. The molecule has 0 saturated carbocycles. The molecule has 0 spiro atoms. The van der Waals surface area contributed by atoms with Crippen molar-refractivity contribution in [1.29, 1.82) is 0 Å². The number of aryl methyl sites for hydroxylation is 1. The minimum Gasteiger partial charge on any atom is -0.512 e. The van der Waals surface area contributed by atoms with Gasteiger partial charge >= 0.3 is 0 Å². The van der Waals surface area contributed by atoms with Gasteiger partial charge in [-0.2, -0.15) is 0 Å². The van der Waals surface area contributed by atoms with Crippen LogP contribution < -0.4 is 0 Å². The van der Waals surface area contributed by atoms with Crippen molar-refractivity contribution < 1.29 is 50.1 Å². The van der Waals surface area contributed by atoms with Crippen LogP contribution in [0.25, 0.3) is 44.2 Å². The molecule has 6 aromatic rings. The Morgan fingerprint density at radius 1 is 0.744 bits per heavy atom. The summed E-state index contributed by atoms with van der Waals surface area (Å²) < 4.78 is 0. The van der Waals surface area contributed by atoms with Gasteiger partial charge in [0, 0.05) is 52.5 Å². The fourth-order valence-corrected chi connectivity index (χ4v) is 4.20. The van der Waals surface area contributed by atoms with Crippen LogP contribution in [0.2, 0.25) is 0 Å². The number of carbonyl (C=O) groups is 1. The van der Waals surface area contributed by atoms with Crippen molar-refractivity contribution in [2.75, 3.05) is 0 Å². The molecule has 4 nitrogen and oxygen atoms in total. The number of hydrogen-bond acceptors (Lipinski definition) is 4. The quantitative estimate of drug-likeness (QED) is 0.109. The Kier molecular flexibility index (Phi) is 16.2. The van der Waals surface area contributed by atoms with E-state index in [1.807, 2.05) is 91.1 Å². The molecule has 6 rings (SSSR count). The molecule has 6 heteroatoms. The third-order valence-electron chi connectivity index (χ3n) is 5.93. The first kappa shape index (κ1) is 37.2. The minimum atomic E-state index is -0.125. The van der Waals surface area contributed by atoms with Gasteiger partial charge in [0.2, 0.25) is 0 Å². The van der Waals surface area contributed by atoms with Crippen molar-refractivity contribution in [3.05, 3.63) is 145 Å². The number of para-hydroxylation sites is 1. The Morgan fingerprint density at radius 3 is 1.86 bits per heavy atom. The molecule has 1 N–H and O–H groups in total. The van der Waals surface area contributed by atoms with Crippen LogP contribution in [0.1, 0.15) is 26.8 Å². The van der Waals surface area contributed by atoms with Gasteiger partial charge in [0.15, 0.2) is 5.78 Å².